The first kappa shape index (κ1) is 7.15. The quantitative estimate of drug-likeness (QED) is 0.619. The van der Waals surface area contributed by atoms with E-state index in [1.54, 1.807) is 17.1 Å². The van der Waals surface area contributed by atoms with Crippen molar-refractivity contribution in [3.63, 3.8) is 0 Å². The van der Waals surface area contributed by atoms with Crippen molar-refractivity contribution in [2.24, 2.45) is 0 Å². The van der Waals surface area contributed by atoms with Crippen LogP contribution in [0.1, 0.15) is 25.6 Å². The van der Waals surface area contributed by atoms with Crippen molar-refractivity contribution >= 4 is 5.78 Å². The molecule has 2 aromatic heterocycles. The average molecular weight is 163 g/mol. The molecule has 0 amide bonds. The van der Waals surface area contributed by atoms with Gasteiger partial charge in [-0.05, 0) is 0 Å². The highest BCUT2D eigenvalue weighted by molar-refractivity contribution is 5.23. The molecular formula is C7H9N5. The number of fused-ring (bicyclic) bond motifs is 1. The predicted octanol–water partition coefficient (Wildman–Crippen LogP) is 0.643. The van der Waals surface area contributed by atoms with Gasteiger partial charge in [-0.25, -0.2) is 4.98 Å². The van der Waals surface area contributed by atoms with Gasteiger partial charge in [-0.15, -0.1) is 10.2 Å². The van der Waals surface area contributed by atoms with E-state index in [-0.39, 0.29) is 0 Å². The SMILES string of the molecule is CC(C)c1ncn2cnnc2n1. The van der Waals surface area contributed by atoms with Gasteiger partial charge in [0.2, 0.25) is 0 Å². The molecule has 2 rings (SSSR count). The first-order valence-electron chi connectivity index (χ1n) is 3.79. The third-order valence-electron chi connectivity index (χ3n) is 1.60. The molecule has 2 aromatic rings. The van der Waals surface area contributed by atoms with Gasteiger partial charge in [0.25, 0.3) is 5.78 Å². The topological polar surface area (TPSA) is 56.0 Å². The number of hydrogen-bond acceptors (Lipinski definition) is 4. The average Bonchev–Trinajstić information content (AvgIpc) is 2.49. The molecule has 0 saturated heterocycles. The lowest BCUT2D eigenvalue weighted by molar-refractivity contribution is 0.760. The molecule has 5 nitrogen and oxygen atoms in total. The second-order valence-corrected chi connectivity index (χ2v) is 2.91. The van der Waals surface area contributed by atoms with Crippen LogP contribution in [0.2, 0.25) is 0 Å². The summed E-state index contributed by atoms with van der Waals surface area (Å²) in [6, 6.07) is 0. The molecule has 62 valence electrons. The lowest BCUT2D eigenvalue weighted by atomic mass is 10.2. The summed E-state index contributed by atoms with van der Waals surface area (Å²) in [5.41, 5.74) is 0. The zero-order valence-electron chi connectivity index (χ0n) is 6.97. The van der Waals surface area contributed by atoms with E-state index in [9.17, 15) is 0 Å². The summed E-state index contributed by atoms with van der Waals surface area (Å²) in [5, 5.41) is 7.54. The highest BCUT2D eigenvalue weighted by Gasteiger charge is 2.04. The third kappa shape index (κ3) is 1.03. The molecule has 0 saturated carbocycles. The fourth-order valence-corrected chi connectivity index (χ4v) is 0.929. The second kappa shape index (κ2) is 2.51. The van der Waals surface area contributed by atoms with E-state index in [1.807, 2.05) is 13.8 Å². The van der Waals surface area contributed by atoms with Gasteiger partial charge in [0.05, 0.1) is 0 Å². The van der Waals surface area contributed by atoms with Crippen LogP contribution >= 0.6 is 0 Å². The zero-order chi connectivity index (χ0) is 8.55. The van der Waals surface area contributed by atoms with E-state index < -0.39 is 0 Å². The van der Waals surface area contributed by atoms with Gasteiger partial charge in [0.1, 0.15) is 18.5 Å². The molecule has 12 heavy (non-hydrogen) atoms. The summed E-state index contributed by atoms with van der Waals surface area (Å²) in [6.45, 7) is 4.09. The molecule has 0 aliphatic rings. The minimum absolute atomic E-state index is 0.326. The van der Waals surface area contributed by atoms with Crippen molar-refractivity contribution < 1.29 is 0 Å². The van der Waals surface area contributed by atoms with Crippen LogP contribution in [0.3, 0.4) is 0 Å². The number of hydrogen-bond donors (Lipinski definition) is 0. The molecule has 0 spiro atoms. The largest absolute Gasteiger partial charge is 0.257 e. The van der Waals surface area contributed by atoms with Gasteiger partial charge in [-0.2, -0.15) is 4.98 Å². The van der Waals surface area contributed by atoms with Crippen LogP contribution in [-0.2, 0) is 0 Å². The summed E-state index contributed by atoms with van der Waals surface area (Å²) in [5.74, 6) is 1.73. The molecule has 0 N–H and O–H groups in total. The van der Waals surface area contributed by atoms with Gasteiger partial charge in [-0.1, -0.05) is 13.8 Å². The summed E-state index contributed by atoms with van der Waals surface area (Å²) in [6.07, 6.45) is 3.26. The van der Waals surface area contributed by atoms with Gasteiger partial charge in [0.15, 0.2) is 0 Å². The molecule has 0 bridgehead atoms. The van der Waals surface area contributed by atoms with Crippen molar-refractivity contribution in [3.05, 3.63) is 18.5 Å². The maximum Gasteiger partial charge on any atom is 0.257 e. The molecule has 2 heterocycles. The van der Waals surface area contributed by atoms with E-state index in [0.717, 1.165) is 5.82 Å². The molecule has 0 aliphatic carbocycles. The number of nitrogens with zero attached hydrogens (tertiary/aromatic N) is 5. The first-order valence-corrected chi connectivity index (χ1v) is 3.79. The lowest BCUT2D eigenvalue weighted by Gasteiger charge is -2.00. The van der Waals surface area contributed by atoms with Crippen LogP contribution in [0.15, 0.2) is 12.7 Å². The van der Waals surface area contributed by atoms with Crippen molar-refractivity contribution in [2.75, 3.05) is 0 Å². The fourth-order valence-electron chi connectivity index (χ4n) is 0.929. The van der Waals surface area contributed by atoms with E-state index in [1.165, 1.54) is 0 Å². The van der Waals surface area contributed by atoms with Crippen molar-refractivity contribution in [2.45, 2.75) is 19.8 Å². The van der Waals surface area contributed by atoms with Gasteiger partial charge < -0.3 is 0 Å². The molecule has 0 unspecified atom stereocenters. The zero-order valence-corrected chi connectivity index (χ0v) is 6.97. The van der Waals surface area contributed by atoms with Crippen LogP contribution in [0.5, 0.6) is 0 Å². The highest BCUT2D eigenvalue weighted by Crippen LogP contribution is 2.07. The Kier molecular flexibility index (Phi) is 1.49. The Morgan fingerprint density at radius 3 is 2.92 bits per heavy atom. The Balaban J connectivity index is 2.60. The lowest BCUT2D eigenvalue weighted by Crippen LogP contribution is -2.00. The smallest absolute Gasteiger partial charge is 0.256 e. The van der Waals surface area contributed by atoms with E-state index in [0.29, 0.717) is 11.7 Å². The molecule has 0 aromatic carbocycles. The van der Waals surface area contributed by atoms with Crippen LogP contribution in [0.4, 0.5) is 0 Å². The molecule has 0 atom stereocenters. The summed E-state index contributed by atoms with van der Waals surface area (Å²) < 4.78 is 1.69. The number of rotatable bonds is 1. The maximum atomic E-state index is 4.21. The van der Waals surface area contributed by atoms with Gasteiger partial charge >= 0.3 is 0 Å². The molecular weight excluding hydrogens is 154 g/mol. The van der Waals surface area contributed by atoms with E-state index in [4.69, 9.17) is 0 Å². The van der Waals surface area contributed by atoms with Gasteiger partial charge in [0, 0.05) is 5.92 Å². The van der Waals surface area contributed by atoms with Crippen molar-refractivity contribution in [3.8, 4) is 0 Å². The summed E-state index contributed by atoms with van der Waals surface area (Å²) in [4.78, 5) is 8.36. The Labute approximate surface area is 69.5 Å². The maximum absolute atomic E-state index is 4.21. The first-order chi connectivity index (χ1) is 5.77. The Morgan fingerprint density at radius 2 is 2.17 bits per heavy atom. The van der Waals surface area contributed by atoms with Crippen molar-refractivity contribution in [1.82, 2.24) is 24.6 Å². The standard InChI is InChI=1S/C7H9N5/c1-5(2)6-8-3-12-4-9-11-7(12)10-6/h3-5H,1-2H3. The third-order valence-corrected chi connectivity index (χ3v) is 1.60. The van der Waals surface area contributed by atoms with Crippen LogP contribution in [-0.4, -0.2) is 24.6 Å². The molecule has 0 fully saturated rings. The monoisotopic (exact) mass is 163 g/mol. The van der Waals surface area contributed by atoms with E-state index in [2.05, 4.69) is 20.2 Å². The van der Waals surface area contributed by atoms with Crippen LogP contribution in [0, 0.1) is 0 Å². The molecule has 5 heteroatoms. The highest BCUT2D eigenvalue weighted by atomic mass is 15.3. The second-order valence-electron chi connectivity index (χ2n) is 2.91. The Morgan fingerprint density at radius 1 is 1.33 bits per heavy atom. The van der Waals surface area contributed by atoms with Crippen molar-refractivity contribution in [1.29, 1.82) is 0 Å². The van der Waals surface area contributed by atoms with Gasteiger partial charge in [-0.3, -0.25) is 4.40 Å². The van der Waals surface area contributed by atoms with Crippen LogP contribution < -0.4 is 0 Å². The minimum Gasteiger partial charge on any atom is -0.256 e. The normalized spacial score (nSPS) is 11.2. The summed E-state index contributed by atoms with van der Waals surface area (Å²) in [7, 11) is 0. The minimum atomic E-state index is 0.326. The molecule has 0 radical (unpaired) electrons. The molecule has 0 aliphatic heterocycles. The number of aromatic nitrogens is 5. The van der Waals surface area contributed by atoms with E-state index >= 15 is 0 Å². The predicted molar refractivity (Wildman–Crippen MR) is 42.7 cm³/mol. The Hall–Kier alpha value is -1.52. The fraction of sp³-hybridized carbons (Fsp3) is 0.429. The van der Waals surface area contributed by atoms with Crippen LogP contribution in [0.25, 0.3) is 5.78 Å². The summed E-state index contributed by atoms with van der Waals surface area (Å²) >= 11 is 0. The Bertz CT molecular complexity index is 391.